The van der Waals surface area contributed by atoms with Crippen molar-refractivity contribution in [1.29, 1.82) is 0 Å². The fourth-order valence-electron chi connectivity index (χ4n) is 2.81. The Labute approximate surface area is 127 Å². The second-order valence-electron chi connectivity index (χ2n) is 5.37. The highest BCUT2D eigenvalue weighted by atomic mass is 32.1. The number of nitrogens with two attached hydrogens (primary N) is 1. The van der Waals surface area contributed by atoms with Crippen molar-refractivity contribution in [2.24, 2.45) is 11.7 Å². The van der Waals surface area contributed by atoms with E-state index < -0.39 is 0 Å². The first kappa shape index (κ1) is 14.3. The summed E-state index contributed by atoms with van der Waals surface area (Å²) in [5, 5.41) is 3.84. The van der Waals surface area contributed by atoms with Gasteiger partial charge in [0.2, 0.25) is 0 Å². The number of aromatic nitrogens is 1. The lowest BCUT2D eigenvalue weighted by Gasteiger charge is -2.31. The van der Waals surface area contributed by atoms with Crippen LogP contribution in [0, 0.1) is 5.92 Å². The van der Waals surface area contributed by atoms with Crippen molar-refractivity contribution in [3.63, 3.8) is 0 Å². The molecule has 3 N–H and O–H groups in total. The maximum absolute atomic E-state index is 12.3. The molecule has 6 heteroatoms. The number of amides is 1. The third-order valence-corrected chi connectivity index (χ3v) is 5.00. The quantitative estimate of drug-likeness (QED) is 0.910. The Hall–Kier alpha value is -1.66. The minimum absolute atomic E-state index is 0.0596. The van der Waals surface area contributed by atoms with Gasteiger partial charge in [0.1, 0.15) is 4.88 Å². The van der Waals surface area contributed by atoms with Crippen LogP contribution < -0.4 is 11.1 Å². The summed E-state index contributed by atoms with van der Waals surface area (Å²) in [6.45, 7) is 0.630. The topological polar surface area (TPSA) is 81.1 Å². The molecule has 0 aliphatic heterocycles. The van der Waals surface area contributed by atoms with E-state index in [0.29, 0.717) is 23.1 Å². The van der Waals surface area contributed by atoms with Gasteiger partial charge in [0.05, 0.1) is 12.5 Å². The van der Waals surface area contributed by atoms with E-state index >= 15 is 0 Å². The largest absolute Gasteiger partial charge is 0.462 e. The summed E-state index contributed by atoms with van der Waals surface area (Å²) in [6.07, 6.45) is 7.68. The van der Waals surface area contributed by atoms with Crippen LogP contribution in [-0.4, -0.2) is 23.5 Å². The summed E-state index contributed by atoms with van der Waals surface area (Å²) in [7, 11) is 0. The lowest BCUT2D eigenvalue weighted by atomic mass is 9.84. The zero-order chi connectivity index (χ0) is 14.7. The van der Waals surface area contributed by atoms with Crippen LogP contribution in [0.25, 0.3) is 10.8 Å². The van der Waals surface area contributed by atoms with Gasteiger partial charge in [-0.3, -0.25) is 4.79 Å². The molecule has 2 atom stereocenters. The maximum atomic E-state index is 12.3. The number of hydrogen-bond donors (Lipinski definition) is 2. The van der Waals surface area contributed by atoms with Gasteiger partial charge in [-0.1, -0.05) is 12.8 Å². The highest BCUT2D eigenvalue weighted by Gasteiger charge is 2.26. The third-order valence-electron chi connectivity index (χ3n) is 3.99. The number of furan rings is 1. The SMILES string of the molecule is NCC1CCCCC1NC(=O)c1cnc(-c2ccco2)s1. The summed E-state index contributed by atoms with van der Waals surface area (Å²) in [5.41, 5.74) is 5.80. The second-order valence-corrected chi connectivity index (χ2v) is 6.40. The Balaban J connectivity index is 1.68. The number of nitrogens with zero attached hydrogens (tertiary/aromatic N) is 1. The van der Waals surface area contributed by atoms with Crippen molar-refractivity contribution < 1.29 is 9.21 Å². The van der Waals surface area contributed by atoms with E-state index in [2.05, 4.69) is 10.3 Å². The van der Waals surface area contributed by atoms with Gasteiger partial charge in [-0.2, -0.15) is 0 Å². The summed E-state index contributed by atoms with van der Waals surface area (Å²) in [5.74, 6) is 1.02. The van der Waals surface area contributed by atoms with Crippen molar-refractivity contribution >= 4 is 17.2 Å². The molecular formula is C15H19N3O2S. The number of carbonyl (C=O) groups is 1. The molecule has 1 saturated carbocycles. The predicted molar refractivity (Wildman–Crippen MR) is 82.1 cm³/mol. The smallest absolute Gasteiger partial charge is 0.263 e. The average molecular weight is 305 g/mol. The Morgan fingerprint density at radius 2 is 2.33 bits per heavy atom. The van der Waals surface area contributed by atoms with Gasteiger partial charge in [-0.25, -0.2) is 4.98 Å². The van der Waals surface area contributed by atoms with Gasteiger partial charge < -0.3 is 15.5 Å². The minimum Gasteiger partial charge on any atom is -0.462 e. The molecule has 21 heavy (non-hydrogen) atoms. The fraction of sp³-hybridized carbons (Fsp3) is 0.467. The Kier molecular flexibility index (Phi) is 4.36. The number of carbonyl (C=O) groups excluding carboxylic acids is 1. The molecule has 2 aromatic rings. The fourth-order valence-corrected chi connectivity index (χ4v) is 3.60. The highest BCUT2D eigenvalue weighted by molar-refractivity contribution is 7.16. The van der Waals surface area contributed by atoms with Crippen LogP contribution in [0.2, 0.25) is 0 Å². The molecule has 2 unspecified atom stereocenters. The molecule has 0 aromatic carbocycles. The monoisotopic (exact) mass is 305 g/mol. The molecule has 1 fully saturated rings. The van der Waals surface area contributed by atoms with Gasteiger partial charge in [-0.15, -0.1) is 11.3 Å². The molecule has 112 valence electrons. The second kappa shape index (κ2) is 6.41. The van der Waals surface area contributed by atoms with Crippen LogP contribution in [0.5, 0.6) is 0 Å². The molecule has 0 radical (unpaired) electrons. The first-order chi connectivity index (χ1) is 10.3. The van der Waals surface area contributed by atoms with E-state index in [1.807, 2.05) is 12.1 Å². The van der Waals surface area contributed by atoms with Gasteiger partial charge in [0.25, 0.3) is 5.91 Å². The van der Waals surface area contributed by atoms with Crippen LogP contribution >= 0.6 is 11.3 Å². The molecule has 0 saturated heterocycles. The van der Waals surface area contributed by atoms with Gasteiger partial charge in [0.15, 0.2) is 10.8 Å². The predicted octanol–water partition coefficient (Wildman–Crippen LogP) is 2.65. The van der Waals surface area contributed by atoms with Crippen molar-refractivity contribution in [3.8, 4) is 10.8 Å². The number of hydrogen-bond acceptors (Lipinski definition) is 5. The zero-order valence-corrected chi connectivity index (χ0v) is 12.6. The molecule has 1 amide bonds. The van der Waals surface area contributed by atoms with E-state index in [1.54, 1.807) is 12.5 Å². The van der Waals surface area contributed by atoms with E-state index in [0.717, 1.165) is 24.3 Å². The molecule has 1 aliphatic rings. The molecule has 5 nitrogen and oxygen atoms in total. The minimum atomic E-state index is -0.0596. The van der Waals surface area contributed by atoms with Gasteiger partial charge in [0, 0.05) is 6.04 Å². The summed E-state index contributed by atoms with van der Waals surface area (Å²) < 4.78 is 5.30. The Morgan fingerprint density at radius 3 is 3.10 bits per heavy atom. The summed E-state index contributed by atoms with van der Waals surface area (Å²) >= 11 is 1.35. The van der Waals surface area contributed by atoms with E-state index in [9.17, 15) is 4.79 Å². The molecular weight excluding hydrogens is 286 g/mol. The Bertz CT molecular complexity index is 594. The molecule has 0 spiro atoms. The van der Waals surface area contributed by atoms with Crippen LogP contribution in [0.4, 0.5) is 0 Å². The van der Waals surface area contributed by atoms with Crippen LogP contribution in [0.3, 0.4) is 0 Å². The molecule has 2 heterocycles. The third kappa shape index (κ3) is 3.16. The number of nitrogens with one attached hydrogen (secondary N) is 1. The van der Waals surface area contributed by atoms with Crippen LogP contribution in [-0.2, 0) is 0 Å². The van der Waals surface area contributed by atoms with Crippen LogP contribution in [0.15, 0.2) is 29.0 Å². The first-order valence-electron chi connectivity index (χ1n) is 7.28. The average Bonchev–Trinajstić information content (AvgIpc) is 3.18. The van der Waals surface area contributed by atoms with Crippen molar-refractivity contribution in [2.45, 2.75) is 31.7 Å². The molecule has 2 aromatic heterocycles. The van der Waals surface area contributed by atoms with Gasteiger partial charge in [-0.05, 0) is 37.4 Å². The molecule has 0 bridgehead atoms. The normalized spacial score (nSPS) is 22.1. The van der Waals surface area contributed by atoms with Crippen molar-refractivity contribution in [3.05, 3.63) is 29.5 Å². The first-order valence-corrected chi connectivity index (χ1v) is 8.10. The lowest BCUT2D eigenvalue weighted by molar-refractivity contribution is 0.0912. The number of thiazole rings is 1. The highest BCUT2D eigenvalue weighted by Crippen LogP contribution is 2.27. The summed E-state index contributed by atoms with van der Waals surface area (Å²) in [4.78, 5) is 17.2. The lowest BCUT2D eigenvalue weighted by Crippen LogP contribution is -2.44. The standard InChI is InChI=1S/C15H19N3O2S/c16-8-10-4-1-2-5-11(10)18-14(19)13-9-17-15(21-13)12-6-3-7-20-12/h3,6-7,9-11H,1-2,4-5,8,16H2,(H,18,19). The Morgan fingerprint density at radius 1 is 1.48 bits per heavy atom. The van der Waals surface area contributed by atoms with Crippen LogP contribution in [0.1, 0.15) is 35.4 Å². The van der Waals surface area contributed by atoms with E-state index in [4.69, 9.17) is 10.2 Å². The van der Waals surface area contributed by atoms with Gasteiger partial charge >= 0.3 is 0 Å². The molecule has 3 rings (SSSR count). The maximum Gasteiger partial charge on any atom is 0.263 e. The summed E-state index contributed by atoms with van der Waals surface area (Å²) in [6, 6.07) is 3.83. The van der Waals surface area contributed by atoms with Crippen molar-refractivity contribution in [1.82, 2.24) is 10.3 Å². The number of rotatable bonds is 4. The zero-order valence-electron chi connectivity index (χ0n) is 11.7. The van der Waals surface area contributed by atoms with E-state index in [1.165, 1.54) is 17.8 Å². The van der Waals surface area contributed by atoms with Crippen molar-refractivity contribution in [2.75, 3.05) is 6.54 Å². The molecule has 1 aliphatic carbocycles. The van der Waals surface area contributed by atoms with E-state index in [-0.39, 0.29) is 11.9 Å².